The first-order valence-corrected chi connectivity index (χ1v) is 8.39. The topological polar surface area (TPSA) is 29.5 Å². The van der Waals surface area contributed by atoms with Gasteiger partial charge < -0.3 is 9.64 Å². The van der Waals surface area contributed by atoms with Gasteiger partial charge in [-0.2, -0.15) is 0 Å². The maximum atomic E-state index is 12.6. The quantitative estimate of drug-likeness (QED) is 0.770. The summed E-state index contributed by atoms with van der Waals surface area (Å²) < 4.78 is 6.17. The lowest BCUT2D eigenvalue weighted by Crippen LogP contribution is -2.52. The summed E-state index contributed by atoms with van der Waals surface area (Å²) in [5.41, 5.74) is 0.312. The van der Waals surface area contributed by atoms with Crippen molar-refractivity contribution in [1.29, 1.82) is 0 Å². The largest absolute Gasteiger partial charge is 0.455 e. The number of carbonyl (C=O) groups excluding carboxylic acids is 1. The molecule has 0 heterocycles. The van der Waals surface area contributed by atoms with Crippen LogP contribution in [0.5, 0.6) is 0 Å². The van der Waals surface area contributed by atoms with E-state index in [-0.39, 0.29) is 11.6 Å². The molecule has 2 unspecified atom stereocenters. The van der Waals surface area contributed by atoms with Crippen molar-refractivity contribution in [3.63, 3.8) is 0 Å². The maximum Gasteiger partial charge on any atom is 0.338 e. The molecule has 0 bridgehead atoms. The number of ether oxygens (including phenoxy) is 1. The van der Waals surface area contributed by atoms with E-state index in [0.29, 0.717) is 17.4 Å². The van der Waals surface area contributed by atoms with Crippen LogP contribution in [0, 0.1) is 11.8 Å². The summed E-state index contributed by atoms with van der Waals surface area (Å²) in [6, 6.07) is 9.36. The van der Waals surface area contributed by atoms with Gasteiger partial charge in [0.1, 0.15) is 5.60 Å². The van der Waals surface area contributed by atoms with E-state index in [9.17, 15) is 4.79 Å². The second-order valence-electron chi connectivity index (χ2n) is 7.07. The first-order valence-electron chi connectivity index (χ1n) is 8.39. The lowest BCUT2D eigenvalue weighted by Gasteiger charge is -2.47. The van der Waals surface area contributed by atoms with Crippen molar-refractivity contribution >= 4 is 5.97 Å². The average Bonchev–Trinajstić information content (AvgIpc) is 2.49. The van der Waals surface area contributed by atoms with Crippen LogP contribution >= 0.6 is 0 Å². The van der Waals surface area contributed by atoms with Crippen molar-refractivity contribution in [2.24, 2.45) is 11.8 Å². The Bertz CT molecular complexity index is 483. The van der Waals surface area contributed by atoms with Gasteiger partial charge in [-0.15, -0.1) is 0 Å². The van der Waals surface area contributed by atoms with E-state index >= 15 is 0 Å². The van der Waals surface area contributed by atoms with E-state index in [2.05, 4.69) is 32.8 Å². The van der Waals surface area contributed by atoms with E-state index < -0.39 is 0 Å². The number of nitrogens with zero attached hydrogens (tertiary/aromatic N) is 1. The van der Waals surface area contributed by atoms with Crippen LogP contribution in [0.2, 0.25) is 0 Å². The van der Waals surface area contributed by atoms with Gasteiger partial charge in [0.2, 0.25) is 0 Å². The van der Waals surface area contributed by atoms with Crippen molar-refractivity contribution in [3.8, 4) is 0 Å². The van der Waals surface area contributed by atoms with Crippen molar-refractivity contribution in [2.75, 3.05) is 20.6 Å². The summed E-state index contributed by atoms with van der Waals surface area (Å²) in [6.45, 7) is 5.35. The summed E-state index contributed by atoms with van der Waals surface area (Å²) in [5, 5.41) is 0. The molecule has 1 aromatic carbocycles. The lowest BCUT2D eigenvalue weighted by molar-refractivity contribution is -0.105. The molecule has 0 spiro atoms. The van der Waals surface area contributed by atoms with Gasteiger partial charge in [0.25, 0.3) is 0 Å². The van der Waals surface area contributed by atoms with Crippen molar-refractivity contribution in [2.45, 2.75) is 45.1 Å². The normalized spacial score (nSPS) is 25.5. The third-order valence-corrected chi connectivity index (χ3v) is 4.92. The molecule has 1 saturated carbocycles. The van der Waals surface area contributed by atoms with Gasteiger partial charge in [0.05, 0.1) is 5.56 Å². The molecule has 1 aliphatic carbocycles. The van der Waals surface area contributed by atoms with E-state index in [1.165, 1.54) is 6.42 Å². The molecule has 122 valence electrons. The van der Waals surface area contributed by atoms with Crippen LogP contribution in [0.15, 0.2) is 30.3 Å². The monoisotopic (exact) mass is 303 g/mol. The minimum absolute atomic E-state index is 0.181. The summed E-state index contributed by atoms with van der Waals surface area (Å²) in [4.78, 5) is 14.8. The molecule has 2 atom stereocenters. The Labute approximate surface area is 134 Å². The highest BCUT2D eigenvalue weighted by atomic mass is 16.6. The molecule has 22 heavy (non-hydrogen) atoms. The fourth-order valence-corrected chi connectivity index (χ4v) is 3.75. The molecule has 0 aliphatic heterocycles. The van der Waals surface area contributed by atoms with Gasteiger partial charge in [-0.3, -0.25) is 0 Å². The molecule has 1 aromatic rings. The van der Waals surface area contributed by atoms with E-state index in [1.807, 2.05) is 30.3 Å². The van der Waals surface area contributed by atoms with E-state index in [1.54, 1.807) is 0 Å². The number of rotatable bonds is 5. The Balaban J connectivity index is 2.24. The lowest BCUT2D eigenvalue weighted by atomic mass is 9.69. The van der Waals surface area contributed by atoms with Crippen LogP contribution in [-0.2, 0) is 4.74 Å². The van der Waals surface area contributed by atoms with Crippen LogP contribution < -0.4 is 0 Å². The Morgan fingerprint density at radius 3 is 2.55 bits per heavy atom. The van der Waals surface area contributed by atoms with Crippen molar-refractivity contribution < 1.29 is 9.53 Å². The van der Waals surface area contributed by atoms with Gasteiger partial charge in [0, 0.05) is 12.5 Å². The Hall–Kier alpha value is -1.35. The molecule has 0 N–H and O–H groups in total. The zero-order valence-corrected chi connectivity index (χ0v) is 14.3. The molecular formula is C19H29NO2. The van der Waals surface area contributed by atoms with Crippen LogP contribution in [0.25, 0.3) is 0 Å². The molecule has 1 fully saturated rings. The fourth-order valence-electron chi connectivity index (χ4n) is 3.75. The molecule has 0 amide bonds. The van der Waals surface area contributed by atoms with Crippen LogP contribution in [-0.4, -0.2) is 37.1 Å². The number of carbonyl (C=O) groups is 1. The maximum absolute atomic E-state index is 12.6. The SMILES string of the molecule is CC(C)C1(OC(=O)c2ccccc2)CCCCC1CN(C)C. The molecule has 3 heteroatoms. The zero-order valence-electron chi connectivity index (χ0n) is 14.3. The number of hydrogen-bond donors (Lipinski definition) is 0. The Morgan fingerprint density at radius 1 is 1.27 bits per heavy atom. The minimum atomic E-state index is -0.338. The van der Waals surface area contributed by atoms with Crippen molar-refractivity contribution in [3.05, 3.63) is 35.9 Å². The van der Waals surface area contributed by atoms with Crippen LogP contribution in [0.1, 0.15) is 49.9 Å². The standard InChI is InChI=1S/C19H29NO2/c1-15(2)19(13-9-8-12-17(19)14-20(3)4)22-18(21)16-10-6-5-7-11-16/h5-7,10-11,15,17H,8-9,12-14H2,1-4H3. The molecule has 3 nitrogen and oxygen atoms in total. The third kappa shape index (κ3) is 3.70. The van der Waals surface area contributed by atoms with Crippen LogP contribution in [0.3, 0.4) is 0 Å². The fraction of sp³-hybridized carbons (Fsp3) is 0.632. The van der Waals surface area contributed by atoms with Gasteiger partial charge in [-0.05, 0) is 51.4 Å². The highest BCUT2D eigenvalue weighted by molar-refractivity contribution is 5.89. The first-order chi connectivity index (χ1) is 10.5. The molecule has 2 rings (SSSR count). The summed E-state index contributed by atoms with van der Waals surface area (Å²) in [5.74, 6) is 0.550. The molecular weight excluding hydrogens is 274 g/mol. The smallest absolute Gasteiger partial charge is 0.338 e. The third-order valence-electron chi connectivity index (χ3n) is 4.92. The van der Waals surface area contributed by atoms with E-state index in [0.717, 1.165) is 25.8 Å². The summed E-state index contributed by atoms with van der Waals surface area (Å²) >= 11 is 0. The van der Waals surface area contributed by atoms with Crippen molar-refractivity contribution in [1.82, 2.24) is 4.90 Å². The van der Waals surface area contributed by atoms with Gasteiger partial charge >= 0.3 is 5.97 Å². The van der Waals surface area contributed by atoms with Gasteiger partial charge in [0.15, 0.2) is 0 Å². The number of benzene rings is 1. The molecule has 1 aliphatic rings. The van der Waals surface area contributed by atoms with Crippen LogP contribution in [0.4, 0.5) is 0 Å². The highest BCUT2D eigenvalue weighted by Gasteiger charge is 2.46. The van der Waals surface area contributed by atoms with Gasteiger partial charge in [-0.25, -0.2) is 4.79 Å². The second-order valence-corrected chi connectivity index (χ2v) is 7.07. The predicted octanol–water partition coefficient (Wildman–Crippen LogP) is 3.99. The molecule has 0 radical (unpaired) electrons. The summed E-state index contributed by atoms with van der Waals surface area (Å²) in [7, 11) is 4.19. The Kier molecular flexibility index (Phi) is 5.63. The van der Waals surface area contributed by atoms with Gasteiger partial charge in [-0.1, -0.05) is 38.5 Å². The Morgan fingerprint density at radius 2 is 1.95 bits per heavy atom. The average molecular weight is 303 g/mol. The zero-order chi connectivity index (χ0) is 16.2. The number of hydrogen-bond acceptors (Lipinski definition) is 3. The minimum Gasteiger partial charge on any atom is -0.455 e. The highest BCUT2D eigenvalue weighted by Crippen LogP contribution is 2.43. The predicted molar refractivity (Wildman–Crippen MR) is 89.9 cm³/mol. The second kappa shape index (κ2) is 7.28. The first kappa shape index (κ1) is 17.0. The number of esters is 1. The molecule has 0 saturated heterocycles. The summed E-state index contributed by atoms with van der Waals surface area (Å²) in [6.07, 6.45) is 4.49. The van der Waals surface area contributed by atoms with E-state index in [4.69, 9.17) is 4.74 Å². The molecule has 0 aromatic heterocycles.